The van der Waals surface area contributed by atoms with Crippen LogP contribution in [0.3, 0.4) is 0 Å². The zero-order valence-corrected chi connectivity index (χ0v) is 18.0. The van der Waals surface area contributed by atoms with E-state index in [2.05, 4.69) is 57.3 Å². The van der Waals surface area contributed by atoms with E-state index in [1.165, 1.54) is 24.0 Å². The van der Waals surface area contributed by atoms with Crippen LogP contribution in [-0.4, -0.2) is 45.3 Å². The van der Waals surface area contributed by atoms with Gasteiger partial charge in [-0.1, -0.05) is 56.4 Å². The highest BCUT2D eigenvalue weighted by Crippen LogP contribution is 2.41. The van der Waals surface area contributed by atoms with Crippen LogP contribution >= 0.6 is 0 Å². The molecule has 6 heteroatoms. The first kappa shape index (κ1) is 20.5. The molecule has 1 saturated carbocycles. The van der Waals surface area contributed by atoms with Gasteiger partial charge in [0.2, 0.25) is 0 Å². The summed E-state index contributed by atoms with van der Waals surface area (Å²) in [6, 6.07) is 8.09. The molecule has 2 aliphatic rings. The third-order valence-corrected chi connectivity index (χ3v) is 6.68. The lowest BCUT2D eigenvalue weighted by Gasteiger charge is -2.37. The van der Waals surface area contributed by atoms with Gasteiger partial charge in [0.15, 0.2) is 5.82 Å². The molecule has 6 nitrogen and oxygen atoms in total. The third kappa shape index (κ3) is 3.60. The highest BCUT2D eigenvalue weighted by molar-refractivity contribution is 5.41. The van der Waals surface area contributed by atoms with Crippen molar-refractivity contribution in [2.45, 2.75) is 50.6 Å². The smallest absolute Gasteiger partial charge is 0.173 e. The number of allylic oxidation sites excluding steroid dienone is 1. The molecule has 1 atom stereocenters. The molecule has 2 heterocycles. The van der Waals surface area contributed by atoms with Gasteiger partial charge in [-0.2, -0.15) is 0 Å². The second-order valence-electron chi connectivity index (χ2n) is 8.48. The Morgan fingerprint density at radius 3 is 2.57 bits per heavy atom. The van der Waals surface area contributed by atoms with Crippen LogP contribution in [-0.2, 0) is 5.54 Å². The standard InChI is InChI=1S/C24H31N5O/c1-5-18-13-16-28(17-19(18)6-2)22(20-11-7-8-12-21(20)30-4)23-25-26-27-29(23)24(3)14-9-10-15-24/h5-8,11-12,22H,1-2,9-10,13-17H2,3-4H3. The van der Waals surface area contributed by atoms with Gasteiger partial charge < -0.3 is 4.74 Å². The molecule has 0 amide bonds. The Hall–Kier alpha value is -2.73. The van der Waals surface area contributed by atoms with Crippen LogP contribution in [0.5, 0.6) is 5.75 Å². The van der Waals surface area contributed by atoms with Gasteiger partial charge in [0, 0.05) is 18.7 Å². The van der Waals surface area contributed by atoms with Crippen LogP contribution in [0, 0.1) is 0 Å². The summed E-state index contributed by atoms with van der Waals surface area (Å²) in [5.41, 5.74) is 3.52. The second-order valence-corrected chi connectivity index (χ2v) is 8.48. The molecular formula is C24H31N5O. The minimum atomic E-state index is -0.102. The van der Waals surface area contributed by atoms with Gasteiger partial charge in [-0.3, -0.25) is 4.90 Å². The maximum atomic E-state index is 5.75. The summed E-state index contributed by atoms with van der Waals surface area (Å²) in [5, 5.41) is 13.2. The number of ether oxygens (including phenoxy) is 1. The minimum Gasteiger partial charge on any atom is -0.496 e. The van der Waals surface area contributed by atoms with E-state index in [0.717, 1.165) is 49.5 Å². The van der Waals surface area contributed by atoms with Crippen LogP contribution in [0.1, 0.15) is 56.5 Å². The van der Waals surface area contributed by atoms with Crippen molar-refractivity contribution in [3.8, 4) is 5.75 Å². The van der Waals surface area contributed by atoms with E-state index in [9.17, 15) is 0 Å². The first-order chi connectivity index (χ1) is 14.6. The van der Waals surface area contributed by atoms with Crippen molar-refractivity contribution in [2.24, 2.45) is 0 Å². The van der Waals surface area contributed by atoms with Crippen molar-refractivity contribution in [1.29, 1.82) is 0 Å². The van der Waals surface area contributed by atoms with Gasteiger partial charge in [0.25, 0.3) is 0 Å². The van der Waals surface area contributed by atoms with Gasteiger partial charge in [-0.25, -0.2) is 4.68 Å². The van der Waals surface area contributed by atoms with Crippen molar-refractivity contribution in [1.82, 2.24) is 25.1 Å². The fourth-order valence-electron chi connectivity index (χ4n) is 4.96. The number of rotatable bonds is 7. The summed E-state index contributed by atoms with van der Waals surface area (Å²) in [6.45, 7) is 12.0. The fraction of sp³-hybridized carbons (Fsp3) is 0.458. The number of hydrogen-bond donors (Lipinski definition) is 0. The van der Waals surface area contributed by atoms with Crippen molar-refractivity contribution < 1.29 is 4.74 Å². The summed E-state index contributed by atoms with van der Waals surface area (Å²) in [7, 11) is 1.72. The predicted octanol–water partition coefficient (Wildman–Crippen LogP) is 4.43. The molecule has 2 aromatic rings. The highest BCUT2D eigenvalue weighted by atomic mass is 16.5. The first-order valence-corrected chi connectivity index (χ1v) is 10.7. The molecule has 1 aromatic heterocycles. The average molecular weight is 406 g/mol. The number of benzene rings is 1. The van der Waals surface area contributed by atoms with Gasteiger partial charge in [-0.15, -0.1) is 5.10 Å². The molecule has 0 saturated heterocycles. The zero-order chi connectivity index (χ0) is 21.1. The molecule has 1 aromatic carbocycles. The Bertz CT molecular complexity index is 954. The van der Waals surface area contributed by atoms with Gasteiger partial charge in [0.05, 0.1) is 12.6 Å². The monoisotopic (exact) mass is 405 g/mol. The minimum absolute atomic E-state index is 0.0434. The molecule has 1 fully saturated rings. The third-order valence-electron chi connectivity index (χ3n) is 6.68. The van der Waals surface area contributed by atoms with Crippen molar-refractivity contribution >= 4 is 0 Å². The molecule has 0 bridgehead atoms. The van der Waals surface area contributed by atoms with Crippen LogP contribution < -0.4 is 4.74 Å². The Morgan fingerprint density at radius 1 is 1.13 bits per heavy atom. The number of nitrogens with zero attached hydrogens (tertiary/aromatic N) is 5. The lowest BCUT2D eigenvalue weighted by Crippen LogP contribution is -2.39. The molecule has 158 valence electrons. The number of tetrazole rings is 1. The van der Waals surface area contributed by atoms with Gasteiger partial charge in [-0.05, 0) is 53.8 Å². The maximum absolute atomic E-state index is 5.75. The first-order valence-electron chi connectivity index (χ1n) is 10.7. The maximum Gasteiger partial charge on any atom is 0.173 e. The molecule has 1 aliphatic heterocycles. The SMILES string of the molecule is C=CC1=C(C=C)CN(C(c2ccccc2OC)c2nnnn2C2(C)CCCC2)CC1. The Balaban J connectivity index is 1.83. The van der Waals surface area contributed by atoms with E-state index < -0.39 is 0 Å². The average Bonchev–Trinajstić information content (AvgIpc) is 3.44. The molecule has 1 unspecified atom stereocenters. The van der Waals surface area contributed by atoms with Crippen LogP contribution in [0.15, 0.2) is 60.7 Å². The summed E-state index contributed by atoms with van der Waals surface area (Å²) < 4.78 is 7.83. The largest absolute Gasteiger partial charge is 0.496 e. The van der Waals surface area contributed by atoms with E-state index in [4.69, 9.17) is 4.74 Å². The van der Waals surface area contributed by atoms with E-state index in [1.54, 1.807) is 7.11 Å². The summed E-state index contributed by atoms with van der Waals surface area (Å²) >= 11 is 0. The fourth-order valence-corrected chi connectivity index (χ4v) is 4.96. The summed E-state index contributed by atoms with van der Waals surface area (Å²) in [6.07, 6.45) is 9.45. The second kappa shape index (κ2) is 8.56. The van der Waals surface area contributed by atoms with Crippen LogP contribution in [0.25, 0.3) is 0 Å². The van der Waals surface area contributed by atoms with Crippen molar-refractivity contribution in [2.75, 3.05) is 20.2 Å². The zero-order valence-electron chi connectivity index (χ0n) is 18.0. The number of para-hydroxylation sites is 1. The van der Waals surface area contributed by atoms with Crippen LogP contribution in [0.2, 0.25) is 0 Å². The van der Waals surface area contributed by atoms with E-state index in [0.29, 0.717) is 0 Å². The quantitative estimate of drug-likeness (QED) is 0.682. The lowest BCUT2D eigenvalue weighted by molar-refractivity contribution is 0.200. The lowest BCUT2D eigenvalue weighted by atomic mass is 9.94. The molecule has 30 heavy (non-hydrogen) atoms. The number of aromatic nitrogens is 4. The molecule has 1 aliphatic carbocycles. The van der Waals surface area contributed by atoms with Crippen LogP contribution in [0.4, 0.5) is 0 Å². The predicted molar refractivity (Wildman–Crippen MR) is 118 cm³/mol. The number of hydrogen-bond acceptors (Lipinski definition) is 5. The summed E-state index contributed by atoms with van der Waals surface area (Å²) in [4.78, 5) is 2.43. The molecular weight excluding hydrogens is 374 g/mol. The van der Waals surface area contributed by atoms with E-state index in [-0.39, 0.29) is 11.6 Å². The normalized spacial score (nSPS) is 20.2. The Morgan fingerprint density at radius 2 is 1.87 bits per heavy atom. The van der Waals surface area contributed by atoms with Gasteiger partial charge >= 0.3 is 0 Å². The molecule has 0 spiro atoms. The topological polar surface area (TPSA) is 56.1 Å². The van der Waals surface area contributed by atoms with Crippen molar-refractivity contribution in [3.63, 3.8) is 0 Å². The van der Waals surface area contributed by atoms with E-state index in [1.807, 2.05) is 24.3 Å². The van der Waals surface area contributed by atoms with E-state index >= 15 is 0 Å². The highest BCUT2D eigenvalue weighted by Gasteiger charge is 2.39. The molecule has 0 N–H and O–H groups in total. The molecule has 0 radical (unpaired) electrons. The summed E-state index contributed by atoms with van der Waals surface area (Å²) in [5.74, 6) is 1.74. The Labute approximate surface area is 178 Å². The molecule has 4 rings (SSSR count). The van der Waals surface area contributed by atoms with Gasteiger partial charge in [0.1, 0.15) is 11.8 Å². The Kier molecular flexibility index (Phi) is 5.86. The van der Waals surface area contributed by atoms with Crippen molar-refractivity contribution in [3.05, 3.63) is 72.1 Å². The number of methoxy groups -OCH3 is 1.